The molecule has 0 bridgehead atoms. The van der Waals surface area contributed by atoms with Crippen LogP contribution in [0.15, 0.2) is 35.7 Å². The van der Waals surface area contributed by atoms with Gasteiger partial charge in [-0.2, -0.15) is 0 Å². The highest BCUT2D eigenvalue weighted by Gasteiger charge is 2.16. The Hall–Kier alpha value is -1.92. The molecule has 4 nitrogen and oxygen atoms in total. The lowest BCUT2D eigenvalue weighted by molar-refractivity contribution is -0.137. The summed E-state index contributed by atoms with van der Waals surface area (Å²) in [6, 6.07) is 7.51. The van der Waals surface area contributed by atoms with Crippen LogP contribution >= 0.6 is 11.3 Å². The van der Waals surface area contributed by atoms with Crippen molar-refractivity contribution in [2.24, 2.45) is 0 Å². The zero-order chi connectivity index (χ0) is 14.5. The van der Waals surface area contributed by atoms with Gasteiger partial charge in [0.05, 0.1) is 12.5 Å². The SMILES string of the molecule is O=C(O)CC(NCc1ccc(O)c(F)c1)c1cccs1. The fourth-order valence-electron chi connectivity index (χ4n) is 1.84. The number of aromatic hydroxyl groups is 1. The zero-order valence-corrected chi connectivity index (χ0v) is 11.4. The van der Waals surface area contributed by atoms with Crippen LogP contribution in [-0.4, -0.2) is 16.2 Å². The van der Waals surface area contributed by atoms with Crippen molar-refractivity contribution in [2.45, 2.75) is 19.0 Å². The number of rotatable bonds is 6. The first kappa shape index (κ1) is 14.5. The van der Waals surface area contributed by atoms with Gasteiger partial charge in [0.2, 0.25) is 0 Å². The first-order chi connectivity index (χ1) is 9.56. The Morgan fingerprint density at radius 2 is 2.20 bits per heavy atom. The van der Waals surface area contributed by atoms with Crippen molar-refractivity contribution in [1.82, 2.24) is 5.32 Å². The van der Waals surface area contributed by atoms with E-state index < -0.39 is 17.5 Å². The van der Waals surface area contributed by atoms with E-state index in [1.165, 1.54) is 23.5 Å². The summed E-state index contributed by atoms with van der Waals surface area (Å²) in [5.74, 6) is -1.97. The van der Waals surface area contributed by atoms with Gasteiger partial charge in [0, 0.05) is 11.4 Å². The Labute approximate surface area is 119 Å². The second-order valence-corrected chi connectivity index (χ2v) is 5.31. The van der Waals surface area contributed by atoms with Crippen molar-refractivity contribution in [3.05, 3.63) is 52.0 Å². The topological polar surface area (TPSA) is 69.6 Å². The van der Waals surface area contributed by atoms with Crippen molar-refractivity contribution in [1.29, 1.82) is 0 Å². The molecule has 0 radical (unpaired) electrons. The minimum absolute atomic E-state index is 0.0406. The van der Waals surface area contributed by atoms with Crippen LogP contribution in [0.25, 0.3) is 0 Å². The van der Waals surface area contributed by atoms with E-state index in [1.54, 1.807) is 6.07 Å². The fraction of sp³-hybridized carbons (Fsp3) is 0.214. The molecule has 0 fully saturated rings. The molecule has 0 aliphatic heterocycles. The molecule has 1 aromatic carbocycles. The summed E-state index contributed by atoms with van der Waals surface area (Å²) in [5, 5.41) is 23.0. The van der Waals surface area contributed by atoms with Crippen LogP contribution < -0.4 is 5.32 Å². The number of carbonyl (C=O) groups is 1. The molecule has 1 atom stereocenters. The van der Waals surface area contributed by atoms with E-state index in [0.717, 1.165) is 4.88 Å². The average molecular weight is 295 g/mol. The second kappa shape index (κ2) is 6.49. The molecule has 20 heavy (non-hydrogen) atoms. The summed E-state index contributed by atoms with van der Waals surface area (Å²) < 4.78 is 13.2. The Morgan fingerprint density at radius 3 is 2.80 bits per heavy atom. The summed E-state index contributed by atoms with van der Waals surface area (Å²) in [6.45, 7) is 0.326. The number of benzene rings is 1. The summed E-state index contributed by atoms with van der Waals surface area (Å²) in [7, 11) is 0. The first-order valence-electron chi connectivity index (χ1n) is 6.02. The number of carboxylic acid groups (broad SMARTS) is 1. The smallest absolute Gasteiger partial charge is 0.305 e. The average Bonchev–Trinajstić information content (AvgIpc) is 2.92. The highest BCUT2D eigenvalue weighted by atomic mass is 32.1. The van der Waals surface area contributed by atoms with Gasteiger partial charge in [-0.15, -0.1) is 11.3 Å². The standard InChI is InChI=1S/C14H14FNO3S/c15-10-6-9(3-4-12(10)17)8-16-11(7-14(18)19)13-2-1-5-20-13/h1-6,11,16-17H,7-8H2,(H,18,19). The van der Waals surface area contributed by atoms with E-state index in [-0.39, 0.29) is 12.5 Å². The van der Waals surface area contributed by atoms with Crippen LogP contribution in [-0.2, 0) is 11.3 Å². The van der Waals surface area contributed by atoms with Gasteiger partial charge in [-0.25, -0.2) is 4.39 Å². The summed E-state index contributed by atoms with van der Waals surface area (Å²) in [5.41, 5.74) is 0.646. The molecule has 0 aliphatic carbocycles. The number of hydrogen-bond acceptors (Lipinski definition) is 4. The highest BCUT2D eigenvalue weighted by Crippen LogP contribution is 2.23. The molecule has 2 aromatic rings. The molecule has 3 N–H and O–H groups in total. The third-order valence-corrected chi connectivity index (χ3v) is 3.82. The van der Waals surface area contributed by atoms with Crippen molar-refractivity contribution in [2.75, 3.05) is 0 Å². The summed E-state index contributed by atoms with van der Waals surface area (Å²) in [6.07, 6.45) is -0.0406. The lowest BCUT2D eigenvalue weighted by Crippen LogP contribution is -2.22. The van der Waals surface area contributed by atoms with E-state index in [0.29, 0.717) is 12.1 Å². The summed E-state index contributed by atoms with van der Waals surface area (Å²) >= 11 is 1.47. The van der Waals surface area contributed by atoms with E-state index in [2.05, 4.69) is 5.32 Å². The molecule has 0 aliphatic rings. The number of halogens is 1. The maximum Gasteiger partial charge on any atom is 0.305 e. The number of carboxylic acids is 1. The maximum absolute atomic E-state index is 13.2. The van der Waals surface area contributed by atoms with Gasteiger partial charge in [-0.05, 0) is 29.1 Å². The van der Waals surface area contributed by atoms with E-state index in [9.17, 15) is 9.18 Å². The number of aliphatic carboxylic acids is 1. The first-order valence-corrected chi connectivity index (χ1v) is 6.90. The van der Waals surface area contributed by atoms with Gasteiger partial charge in [0.1, 0.15) is 0 Å². The lowest BCUT2D eigenvalue weighted by Gasteiger charge is -2.15. The molecule has 0 saturated heterocycles. The number of phenols is 1. The third-order valence-electron chi connectivity index (χ3n) is 2.83. The molecule has 1 unspecified atom stereocenters. The van der Waals surface area contributed by atoms with Gasteiger partial charge in [0.25, 0.3) is 0 Å². The minimum atomic E-state index is -0.896. The predicted molar refractivity (Wildman–Crippen MR) is 74.2 cm³/mol. The second-order valence-electron chi connectivity index (χ2n) is 4.33. The maximum atomic E-state index is 13.2. The molecule has 0 amide bonds. The fourth-order valence-corrected chi connectivity index (χ4v) is 2.64. The Bertz CT molecular complexity index is 586. The molecule has 106 valence electrons. The van der Waals surface area contributed by atoms with Gasteiger partial charge < -0.3 is 15.5 Å². The Balaban J connectivity index is 2.04. The van der Waals surface area contributed by atoms with E-state index >= 15 is 0 Å². The summed E-state index contributed by atoms with van der Waals surface area (Å²) in [4.78, 5) is 11.8. The lowest BCUT2D eigenvalue weighted by atomic mass is 10.1. The van der Waals surface area contributed by atoms with E-state index in [4.69, 9.17) is 10.2 Å². The van der Waals surface area contributed by atoms with Gasteiger partial charge in [-0.1, -0.05) is 12.1 Å². The number of phenolic OH excluding ortho intramolecular Hbond substituents is 1. The van der Waals surface area contributed by atoms with Gasteiger partial charge in [0.15, 0.2) is 11.6 Å². The number of thiophene rings is 1. The van der Waals surface area contributed by atoms with Crippen molar-refractivity contribution in [3.63, 3.8) is 0 Å². The van der Waals surface area contributed by atoms with Gasteiger partial charge in [-0.3, -0.25) is 4.79 Å². The Morgan fingerprint density at radius 1 is 1.40 bits per heavy atom. The molecule has 0 spiro atoms. The van der Waals surface area contributed by atoms with Crippen molar-refractivity contribution >= 4 is 17.3 Å². The van der Waals surface area contributed by atoms with Crippen molar-refractivity contribution < 1.29 is 19.4 Å². The molecule has 2 rings (SSSR count). The largest absolute Gasteiger partial charge is 0.505 e. The highest BCUT2D eigenvalue weighted by molar-refractivity contribution is 7.10. The van der Waals surface area contributed by atoms with Crippen LogP contribution in [0.1, 0.15) is 22.9 Å². The zero-order valence-electron chi connectivity index (χ0n) is 10.5. The molecule has 0 saturated carbocycles. The predicted octanol–water partition coefficient (Wildman–Crippen LogP) is 2.90. The molecule has 1 heterocycles. The molecule has 1 aromatic heterocycles. The number of hydrogen-bond donors (Lipinski definition) is 3. The number of nitrogens with one attached hydrogen (secondary N) is 1. The third kappa shape index (κ3) is 3.79. The van der Waals surface area contributed by atoms with Crippen LogP contribution in [0.2, 0.25) is 0 Å². The molecular weight excluding hydrogens is 281 g/mol. The van der Waals surface area contributed by atoms with Crippen molar-refractivity contribution in [3.8, 4) is 5.75 Å². The monoisotopic (exact) mass is 295 g/mol. The van der Waals surface area contributed by atoms with Gasteiger partial charge >= 0.3 is 5.97 Å². The minimum Gasteiger partial charge on any atom is -0.505 e. The quantitative estimate of drug-likeness (QED) is 0.766. The normalized spacial score (nSPS) is 12.2. The van der Waals surface area contributed by atoms with Crippen LogP contribution in [0, 0.1) is 5.82 Å². The van der Waals surface area contributed by atoms with Crippen LogP contribution in [0.5, 0.6) is 5.75 Å². The van der Waals surface area contributed by atoms with Crippen LogP contribution in [0.4, 0.5) is 4.39 Å². The molecule has 6 heteroatoms. The molecular formula is C14H14FNO3S. The van der Waals surface area contributed by atoms with E-state index in [1.807, 2.05) is 17.5 Å². The van der Waals surface area contributed by atoms with Crippen LogP contribution in [0.3, 0.4) is 0 Å². The Kier molecular flexibility index (Phi) is 4.70.